The van der Waals surface area contributed by atoms with E-state index in [9.17, 15) is 15.3 Å². The van der Waals surface area contributed by atoms with Gasteiger partial charge < -0.3 is 15.3 Å². The monoisotopic (exact) mass is 416 g/mol. The molecule has 0 unspecified atom stereocenters. The first-order valence-corrected chi connectivity index (χ1v) is 12.2. The molecule has 30 heavy (non-hydrogen) atoms. The third-order valence-corrected chi connectivity index (χ3v) is 8.38. The van der Waals surface area contributed by atoms with Gasteiger partial charge in [0, 0.05) is 6.42 Å². The van der Waals surface area contributed by atoms with E-state index in [1.807, 2.05) is 0 Å². The maximum absolute atomic E-state index is 10.5. The molecule has 3 saturated carbocycles. The molecule has 170 valence electrons. The lowest BCUT2D eigenvalue weighted by Crippen LogP contribution is -2.36. The molecule has 0 radical (unpaired) electrons. The molecule has 3 N–H and O–H groups in total. The van der Waals surface area contributed by atoms with Crippen LogP contribution in [0.25, 0.3) is 0 Å². The molecule has 3 fully saturated rings. The lowest BCUT2D eigenvalue weighted by atomic mass is 9.60. The SMILES string of the molecule is C=C1/C(=C\C=C2CCC[C@@]3(C)[C@@H]2CC[C@@H]3[C@H](C)C[C@@H](O)CC(C)C)C[C@@H](O)C[C@H]1O. The van der Waals surface area contributed by atoms with E-state index in [2.05, 4.69) is 46.4 Å². The minimum absolute atomic E-state index is 0.179. The fourth-order valence-electron chi connectivity index (χ4n) is 6.91. The molecule has 0 aromatic heterocycles. The number of allylic oxidation sites excluding steroid dienone is 3. The maximum atomic E-state index is 10.5. The van der Waals surface area contributed by atoms with Crippen LogP contribution in [0.5, 0.6) is 0 Å². The summed E-state index contributed by atoms with van der Waals surface area (Å²) < 4.78 is 0. The first-order valence-electron chi connectivity index (χ1n) is 12.2. The Labute approximate surface area is 184 Å². The standard InChI is InChI=1S/C27H44O3/c1-17(2)13-22(28)14-18(3)24-10-11-25-20(7-6-12-27(24,25)5)8-9-21-15-23(29)16-26(30)19(21)4/h8-9,17-18,22-26,28-30H,4,6-7,10-16H2,1-3,5H3/b20-8?,21-9-/t18-,22+,23-,24-,25-,26-,27-/m1/s1. The quantitative estimate of drug-likeness (QED) is 0.531. The van der Waals surface area contributed by atoms with Crippen LogP contribution in [0.2, 0.25) is 0 Å². The Kier molecular flexibility index (Phi) is 7.69. The highest BCUT2D eigenvalue weighted by molar-refractivity contribution is 5.38. The highest BCUT2D eigenvalue weighted by Gasteiger charge is 2.50. The van der Waals surface area contributed by atoms with Crippen LogP contribution in [0.4, 0.5) is 0 Å². The van der Waals surface area contributed by atoms with Gasteiger partial charge in [0.15, 0.2) is 0 Å². The highest BCUT2D eigenvalue weighted by Crippen LogP contribution is 2.60. The van der Waals surface area contributed by atoms with E-state index in [1.54, 1.807) is 0 Å². The van der Waals surface area contributed by atoms with Crippen molar-refractivity contribution in [2.45, 2.75) is 104 Å². The summed E-state index contributed by atoms with van der Waals surface area (Å²) in [7, 11) is 0. The van der Waals surface area contributed by atoms with E-state index in [1.165, 1.54) is 31.3 Å². The maximum Gasteiger partial charge on any atom is 0.0811 e. The largest absolute Gasteiger partial charge is 0.393 e. The van der Waals surface area contributed by atoms with Crippen molar-refractivity contribution in [1.29, 1.82) is 0 Å². The molecular weight excluding hydrogens is 372 g/mol. The molecule has 3 heteroatoms. The Hall–Kier alpha value is -0.900. The van der Waals surface area contributed by atoms with E-state index in [-0.39, 0.29) is 6.10 Å². The summed E-state index contributed by atoms with van der Waals surface area (Å²) in [6.07, 6.45) is 12.1. The third kappa shape index (κ3) is 5.11. The average molecular weight is 417 g/mol. The predicted octanol–water partition coefficient (Wildman–Crippen LogP) is 5.56. The number of aliphatic hydroxyl groups is 3. The molecule has 7 atom stereocenters. The summed E-state index contributed by atoms with van der Waals surface area (Å²) in [6, 6.07) is 0. The third-order valence-electron chi connectivity index (χ3n) is 8.38. The Morgan fingerprint density at radius 1 is 1.13 bits per heavy atom. The van der Waals surface area contributed by atoms with Gasteiger partial charge in [-0.15, -0.1) is 0 Å². The molecule has 0 aromatic carbocycles. The van der Waals surface area contributed by atoms with Crippen LogP contribution in [0.1, 0.15) is 85.5 Å². The molecule has 0 spiro atoms. The average Bonchev–Trinajstić information content (AvgIpc) is 3.00. The minimum Gasteiger partial charge on any atom is -0.393 e. The molecule has 3 aliphatic rings. The van der Waals surface area contributed by atoms with Gasteiger partial charge in [-0.2, -0.15) is 0 Å². The molecule has 3 nitrogen and oxygen atoms in total. The number of fused-ring (bicyclic) bond motifs is 1. The molecule has 3 rings (SSSR count). The number of hydrogen-bond acceptors (Lipinski definition) is 3. The molecule has 3 aliphatic carbocycles. The van der Waals surface area contributed by atoms with Crippen LogP contribution in [-0.4, -0.2) is 33.6 Å². The molecule has 0 heterocycles. The molecule has 0 aliphatic heterocycles. The molecule has 0 saturated heterocycles. The van der Waals surface area contributed by atoms with Crippen molar-refractivity contribution >= 4 is 0 Å². The zero-order valence-corrected chi connectivity index (χ0v) is 19.6. The van der Waals surface area contributed by atoms with Gasteiger partial charge in [0.05, 0.1) is 18.3 Å². The normalized spacial score (nSPS) is 39.5. The minimum atomic E-state index is -0.621. The van der Waals surface area contributed by atoms with Crippen LogP contribution in [0.15, 0.2) is 35.5 Å². The molecule has 0 bridgehead atoms. The fourth-order valence-corrected chi connectivity index (χ4v) is 6.91. The summed E-state index contributed by atoms with van der Waals surface area (Å²) in [6.45, 7) is 13.3. The number of aliphatic hydroxyl groups excluding tert-OH is 3. The van der Waals surface area contributed by atoms with Crippen molar-refractivity contribution < 1.29 is 15.3 Å². The topological polar surface area (TPSA) is 60.7 Å². The van der Waals surface area contributed by atoms with Crippen molar-refractivity contribution in [3.8, 4) is 0 Å². The summed E-state index contributed by atoms with van der Waals surface area (Å²) in [5, 5.41) is 30.7. The van der Waals surface area contributed by atoms with Gasteiger partial charge in [-0.3, -0.25) is 0 Å². The highest BCUT2D eigenvalue weighted by atomic mass is 16.3. The second-order valence-corrected chi connectivity index (χ2v) is 11.2. The van der Waals surface area contributed by atoms with Gasteiger partial charge in [0.25, 0.3) is 0 Å². The summed E-state index contributed by atoms with van der Waals surface area (Å²) >= 11 is 0. The summed E-state index contributed by atoms with van der Waals surface area (Å²) in [5.74, 6) is 2.39. The molecular formula is C27H44O3. The Morgan fingerprint density at radius 2 is 1.87 bits per heavy atom. The van der Waals surface area contributed by atoms with Crippen molar-refractivity contribution in [2.24, 2.45) is 29.1 Å². The number of hydrogen-bond donors (Lipinski definition) is 3. The van der Waals surface area contributed by atoms with Gasteiger partial charge >= 0.3 is 0 Å². The lowest BCUT2D eigenvalue weighted by molar-refractivity contribution is 0.0571. The van der Waals surface area contributed by atoms with Gasteiger partial charge in [-0.25, -0.2) is 0 Å². The van der Waals surface area contributed by atoms with Gasteiger partial charge in [-0.1, -0.05) is 52.0 Å². The van der Waals surface area contributed by atoms with E-state index in [4.69, 9.17) is 0 Å². The Balaban J connectivity index is 1.73. The van der Waals surface area contributed by atoms with Crippen LogP contribution in [0.3, 0.4) is 0 Å². The van der Waals surface area contributed by atoms with E-state index >= 15 is 0 Å². The summed E-state index contributed by atoms with van der Waals surface area (Å²) in [5.41, 5.74) is 3.63. The summed E-state index contributed by atoms with van der Waals surface area (Å²) in [4.78, 5) is 0. The van der Waals surface area contributed by atoms with Crippen molar-refractivity contribution in [2.75, 3.05) is 0 Å². The predicted molar refractivity (Wildman–Crippen MR) is 124 cm³/mol. The lowest BCUT2D eigenvalue weighted by Gasteiger charge is -2.44. The smallest absolute Gasteiger partial charge is 0.0811 e. The molecule has 0 aromatic rings. The van der Waals surface area contributed by atoms with E-state index in [0.717, 1.165) is 30.4 Å². The van der Waals surface area contributed by atoms with Crippen LogP contribution in [-0.2, 0) is 0 Å². The Morgan fingerprint density at radius 3 is 2.57 bits per heavy atom. The molecule has 0 amide bonds. The van der Waals surface area contributed by atoms with Crippen LogP contribution in [0, 0.1) is 29.1 Å². The Bertz CT molecular complexity index is 676. The van der Waals surface area contributed by atoms with Gasteiger partial charge in [0.1, 0.15) is 0 Å². The number of rotatable bonds is 6. The van der Waals surface area contributed by atoms with E-state index in [0.29, 0.717) is 41.9 Å². The second kappa shape index (κ2) is 9.71. The second-order valence-electron chi connectivity index (χ2n) is 11.2. The first kappa shape index (κ1) is 23.8. The van der Waals surface area contributed by atoms with Crippen molar-refractivity contribution in [1.82, 2.24) is 0 Å². The van der Waals surface area contributed by atoms with Crippen LogP contribution >= 0.6 is 0 Å². The fraction of sp³-hybridized carbons (Fsp3) is 0.778. The van der Waals surface area contributed by atoms with Crippen molar-refractivity contribution in [3.05, 3.63) is 35.5 Å². The zero-order valence-electron chi connectivity index (χ0n) is 19.6. The van der Waals surface area contributed by atoms with Gasteiger partial charge in [-0.05, 0) is 91.6 Å². The zero-order chi connectivity index (χ0) is 22.1. The van der Waals surface area contributed by atoms with Crippen molar-refractivity contribution in [3.63, 3.8) is 0 Å². The first-order chi connectivity index (χ1) is 14.1. The van der Waals surface area contributed by atoms with E-state index < -0.39 is 12.2 Å². The van der Waals surface area contributed by atoms with Gasteiger partial charge in [0.2, 0.25) is 0 Å². The van der Waals surface area contributed by atoms with Crippen LogP contribution < -0.4 is 0 Å².